The van der Waals surface area contributed by atoms with Gasteiger partial charge in [-0.25, -0.2) is 0 Å². The van der Waals surface area contributed by atoms with Crippen LogP contribution in [0.2, 0.25) is 5.02 Å². The molecule has 3 aromatic rings. The van der Waals surface area contributed by atoms with Crippen LogP contribution in [0.15, 0.2) is 70.0 Å². The van der Waals surface area contributed by atoms with Gasteiger partial charge in [-0.05, 0) is 60.3 Å². The van der Waals surface area contributed by atoms with Crippen molar-refractivity contribution in [2.75, 3.05) is 4.90 Å². The van der Waals surface area contributed by atoms with Crippen molar-refractivity contribution in [3.8, 4) is 17.1 Å². The van der Waals surface area contributed by atoms with Crippen LogP contribution in [-0.4, -0.2) is 17.4 Å². The van der Waals surface area contributed by atoms with Crippen LogP contribution < -0.4 is 9.64 Å². The Labute approximate surface area is 183 Å². The molecular weight excluding hydrogens is 453 g/mol. The Balaban J connectivity index is 1.54. The Morgan fingerprint density at radius 1 is 1.10 bits per heavy atom. The number of nitrogens with zero attached hydrogens (tertiary/aromatic N) is 1. The first-order valence-electron chi connectivity index (χ1n) is 8.74. The average molecular weight is 465 g/mol. The van der Waals surface area contributed by atoms with Gasteiger partial charge in [-0.3, -0.25) is 15.1 Å². The molecule has 1 aromatic heterocycles. The lowest BCUT2D eigenvalue weighted by Gasteiger charge is -2.15. The fraction of sp³-hybridized carbons (Fsp3) is 0.0476. The van der Waals surface area contributed by atoms with Crippen LogP contribution in [0, 0.1) is 5.41 Å². The van der Waals surface area contributed by atoms with Gasteiger partial charge in [0.25, 0.3) is 5.91 Å². The molecule has 1 N–H and O–H groups in total. The first-order valence-corrected chi connectivity index (χ1v) is 9.93. The van der Waals surface area contributed by atoms with Crippen molar-refractivity contribution < 1.29 is 27.1 Å². The lowest BCUT2D eigenvalue weighted by Crippen LogP contribution is -2.28. The molecule has 2 aromatic carbocycles. The first-order chi connectivity index (χ1) is 14.7. The smallest absolute Gasteiger partial charge is 0.457 e. The summed E-state index contributed by atoms with van der Waals surface area (Å²) in [5.41, 5.74) is 1.03. The predicted molar refractivity (Wildman–Crippen MR) is 113 cm³/mol. The van der Waals surface area contributed by atoms with E-state index in [2.05, 4.69) is 4.74 Å². The molecule has 1 amide bonds. The molecule has 1 aliphatic heterocycles. The summed E-state index contributed by atoms with van der Waals surface area (Å²) in [5, 5.41) is 8.58. The van der Waals surface area contributed by atoms with Gasteiger partial charge in [-0.15, -0.1) is 13.2 Å². The molecule has 0 saturated carbocycles. The zero-order valence-electron chi connectivity index (χ0n) is 15.4. The van der Waals surface area contributed by atoms with E-state index in [9.17, 15) is 18.0 Å². The molecule has 1 aliphatic rings. The Morgan fingerprint density at radius 3 is 2.52 bits per heavy atom. The predicted octanol–water partition coefficient (Wildman–Crippen LogP) is 6.55. The van der Waals surface area contributed by atoms with Crippen molar-refractivity contribution in [3.63, 3.8) is 0 Å². The molecule has 158 valence electrons. The number of amidine groups is 1. The Hall–Kier alpha value is -3.17. The van der Waals surface area contributed by atoms with E-state index in [1.54, 1.807) is 30.3 Å². The maximum Gasteiger partial charge on any atom is 0.573 e. The van der Waals surface area contributed by atoms with Crippen LogP contribution in [0.4, 0.5) is 18.9 Å². The summed E-state index contributed by atoms with van der Waals surface area (Å²) in [6.07, 6.45) is -3.30. The fourth-order valence-electron chi connectivity index (χ4n) is 2.87. The van der Waals surface area contributed by atoms with Gasteiger partial charge in [-0.2, -0.15) is 0 Å². The number of ether oxygens (including phenoxy) is 1. The van der Waals surface area contributed by atoms with Crippen molar-refractivity contribution in [2.45, 2.75) is 6.36 Å². The number of carbonyl (C=O) groups is 1. The summed E-state index contributed by atoms with van der Waals surface area (Å²) < 4.78 is 46.5. The normalized spacial score (nSPS) is 15.7. The Bertz CT molecular complexity index is 1190. The minimum Gasteiger partial charge on any atom is -0.457 e. The van der Waals surface area contributed by atoms with Gasteiger partial charge in [0.05, 0.1) is 10.6 Å². The number of halogens is 4. The number of rotatable bonds is 4. The van der Waals surface area contributed by atoms with E-state index in [0.717, 1.165) is 34.4 Å². The van der Waals surface area contributed by atoms with Crippen molar-refractivity contribution in [2.24, 2.45) is 0 Å². The van der Waals surface area contributed by atoms with Crippen LogP contribution in [0.3, 0.4) is 0 Å². The van der Waals surface area contributed by atoms with Gasteiger partial charge in [0.2, 0.25) is 0 Å². The zero-order valence-corrected chi connectivity index (χ0v) is 17.0. The number of carbonyl (C=O) groups excluding carboxylic acids is 1. The van der Waals surface area contributed by atoms with Gasteiger partial charge >= 0.3 is 6.36 Å². The summed E-state index contributed by atoms with van der Waals surface area (Å²) in [4.78, 5) is 14.1. The highest BCUT2D eigenvalue weighted by Gasteiger charge is 2.34. The van der Waals surface area contributed by atoms with E-state index in [1.165, 1.54) is 18.2 Å². The van der Waals surface area contributed by atoms with Crippen LogP contribution in [-0.2, 0) is 4.79 Å². The number of alkyl halides is 3. The molecule has 1 saturated heterocycles. The van der Waals surface area contributed by atoms with Crippen molar-refractivity contribution >= 4 is 46.2 Å². The molecule has 0 unspecified atom stereocenters. The minimum absolute atomic E-state index is 0.0811. The van der Waals surface area contributed by atoms with Crippen molar-refractivity contribution in [3.05, 3.63) is 76.4 Å². The summed E-state index contributed by atoms with van der Waals surface area (Å²) in [5.74, 6) is 0.0774. The summed E-state index contributed by atoms with van der Waals surface area (Å²) in [7, 11) is 0. The third kappa shape index (κ3) is 4.78. The number of furan rings is 1. The van der Waals surface area contributed by atoms with E-state index in [4.69, 9.17) is 21.4 Å². The largest absolute Gasteiger partial charge is 0.573 e. The van der Waals surface area contributed by atoms with Crippen LogP contribution in [0.5, 0.6) is 5.75 Å². The molecule has 10 heteroatoms. The van der Waals surface area contributed by atoms with Gasteiger partial charge in [-0.1, -0.05) is 23.7 Å². The van der Waals surface area contributed by atoms with E-state index in [0.29, 0.717) is 16.5 Å². The summed E-state index contributed by atoms with van der Waals surface area (Å²) in [6.45, 7) is 0. The number of hydrogen-bond donors (Lipinski definition) is 1. The lowest BCUT2D eigenvalue weighted by atomic mass is 10.2. The van der Waals surface area contributed by atoms with Crippen LogP contribution in [0.25, 0.3) is 17.4 Å². The van der Waals surface area contributed by atoms with E-state index in [-0.39, 0.29) is 15.8 Å². The molecule has 1 fully saturated rings. The molecule has 4 rings (SSSR count). The molecule has 0 spiro atoms. The number of hydrogen-bond acceptors (Lipinski definition) is 5. The molecule has 2 heterocycles. The van der Waals surface area contributed by atoms with Crippen molar-refractivity contribution in [1.82, 2.24) is 0 Å². The molecule has 0 aliphatic carbocycles. The topological polar surface area (TPSA) is 66.5 Å². The van der Waals surface area contributed by atoms with E-state index < -0.39 is 18.0 Å². The van der Waals surface area contributed by atoms with E-state index in [1.807, 2.05) is 6.07 Å². The second kappa shape index (κ2) is 8.16. The van der Waals surface area contributed by atoms with Crippen LogP contribution in [0.1, 0.15) is 5.76 Å². The van der Waals surface area contributed by atoms with Crippen molar-refractivity contribution in [1.29, 1.82) is 5.41 Å². The highest BCUT2D eigenvalue weighted by Crippen LogP contribution is 2.37. The average Bonchev–Trinajstić information content (AvgIpc) is 3.26. The fourth-order valence-corrected chi connectivity index (χ4v) is 3.91. The number of benzene rings is 2. The Morgan fingerprint density at radius 2 is 1.84 bits per heavy atom. The molecule has 0 bridgehead atoms. The zero-order chi connectivity index (χ0) is 22.2. The quantitative estimate of drug-likeness (QED) is 0.444. The maximum absolute atomic E-state index is 12.8. The second-order valence-electron chi connectivity index (χ2n) is 6.31. The number of anilines is 1. The lowest BCUT2D eigenvalue weighted by molar-refractivity contribution is -0.274. The van der Waals surface area contributed by atoms with Gasteiger partial charge in [0.1, 0.15) is 17.3 Å². The molecule has 5 nitrogen and oxygen atoms in total. The highest BCUT2D eigenvalue weighted by molar-refractivity contribution is 8.19. The highest BCUT2D eigenvalue weighted by atomic mass is 35.5. The first kappa shape index (κ1) is 21.1. The third-order valence-electron chi connectivity index (χ3n) is 4.16. The number of thioether (sulfide) groups is 1. The van der Waals surface area contributed by atoms with Gasteiger partial charge < -0.3 is 9.15 Å². The number of nitrogens with one attached hydrogen (secondary N) is 1. The molecule has 31 heavy (non-hydrogen) atoms. The maximum atomic E-state index is 12.8. The minimum atomic E-state index is -4.81. The van der Waals surface area contributed by atoms with E-state index >= 15 is 0 Å². The molecule has 0 radical (unpaired) electrons. The second-order valence-corrected chi connectivity index (χ2v) is 7.78. The SMILES string of the molecule is N=C1S/C(=C\c2ccc(-c3cccc(Cl)c3)o2)C(=O)N1c1ccc(OC(F)(F)F)cc1. The van der Waals surface area contributed by atoms with Gasteiger partial charge in [0.15, 0.2) is 5.17 Å². The Kier molecular flexibility index (Phi) is 5.55. The third-order valence-corrected chi connectivity index (χ3v) is 5.28. The number of amides is 1. The van der Waals surface area contributed by atoms with Gasteiger partial charge in [0, 0.05) is 16.7 Å². The monoisotopic (exact) mass is 464 g/mol. The standard InChI is InChI=1S/C21H12ClF3N2O3S/c22-13-3-1-2-12(10-13)17-9-8-16(29-17)11-18-19(28)27(20(26)31-18)14-4-6-15(7-5-14)30-21(23,24)25/h1-11,26H/b18-11-,26-20?. The summed E-state index contributed by atoms with van der Waals surface area (Å²) >= 11 is 6.92. The van der Waals surface area contributed by atoms with Crippen LogP contribution >= 0.6 is 23.4 Å². The summed E-state index contributed by atoms with van der Waals surface area (Å²) in [6, 6.07) is 15.3. The molecular formula is C21H12ClF3N2O3S. The molecule has 0 atom stereocenters.